The van der Waals surface area contributed by atoms with Crippen molar-refractivity contribution in [3.05, 3.63) is 45.7 Å². The lowest BCUT2D eigenvalue weighted by molar-refractivity contribution is 0.0999. The van der Waals surface area contributed by atoms with Crippen molar-refractivity contribution in [1.82, 2.24) is 19.4 Å². The second-order valence-electron chi connectivity index (χ2n) is 8.26. The topological polar surface area (TPSA) is 179 Å². The van der Waals surface area contributed by atoms with Crippen LogP contribution in [0.3, 0.4) is 0 Å². The molecule has 6 N–H and O–H groups in total. The van der Waals surface area contributed by atoms with Gasteiger partial charge in [-0.25, -0.2) is 9.78 Å². The summed E-state index contributed by atoms with van der Waals surface area (Å²) in [5.74, 6) is 0.0663. The quantitative estimate of drug-likeness (QED) is 0.410. The summed E-state index contributed by atoms with van der Waals surface area (Å²) in [4.78, 5) is 45.8. The Bertz CT molecular complexity index is 1360. The number of nitrogen functional groups attached to an aromatic ring is 1. The number of primary amides is 1. The van der Waals surface area contributed by atoms with Gasteiger partial charge >= 0.3 is 6.09 Å². The Morgan fingerprint density at radius 3 is 2.60 bits per heavy atom. The van der Waals surface area contributed by atoms with Crippen LogP contribution in [0.15, 0.2) is 29.2 Å². The zero-order valence-corrected chi connectivity index (χ0v) is 19.4. The average Bonchev–Trinajstić information content (AvgIpc) is 2.84. The molecule has 0 atom stereocenters. The van der Waals surface area contributed by atoms with Crippen molar-refractivity contribution < 1.29 is 19.4 Å². The highest BCUT2D eigenvalue weighted by atomic mass is 16.5. The zero-order valence-electron chi connectivity index (χ0n) is 19.4. The van der Waals surface area contributed by atoms with E-state index < -0.39 is 17.4 Å². The van der Waals surface area contributed by atoms with Crippen LogP contribution in [-0.2, 0) is 6.54 Å². The van der Waals surface area contributed by atoms with Gasteiger partial charge in [0.2, 0.25) is 11.4 Å². The van der Waals surface area contributed by atoms with Crippen LogP contribution in [0.5, 0.6) is 5.75 Å². The third-order valence-electron chi connectivity index (χ3n) is 6.31. The lowest BCUT2D eigenvalue weighted by atomic mass is 9.89. The first-order valence-corrected chi connectivity index (χ1v) is 11.2. The van der Waals surface area contributed by atoms with Crippen molar-refractivity contribution in [3.63, 3.8) is 0 Å². The Morgan fingerprint density at radius 1 is 1.29 bits per heavy atom. The molecule has 2 amide bonds. The number of carbonyl (C=O) groups excluding carboxylic acids is 1. The van der Waals surface area contributed by atoms with Gasteiger partial charge in [-0.2, -0.15) is 4.98 Å². The number of hydrogen-bond acceptors (Lipinski definition) is 8. The molecule has 12 nitrogen and oxygen atoms in total. The molecule has 0 aliphatic carbocycles. The smallest absolute Gasteiger partial charge is 0.407 e. The Balaban J connectivity index is 1.65. The second-order valence-corrected chi connectivity index (χ2v) is 8.26. The summed E-state index contributed by atoms with van der Waals surface area (Å²) in [5, 5.41) is 12.4. The molecule has 2 aromatic heterocycles. The van der Waals surface area contributed by atoms with Crippen molar-refractivity contribution in [2.45, 2.75) is 32.2 Å². The first-order chi connectivity index (χ1) is 16.7. The number of carboxylic acid groups (broad SMARTS) is 1. The monoisotopic (exact) mass is 481 g/mol. The molecular weight excluding hydrogens is 454 g/mol. The van der Waals surface area contributed by atoms with Crippen molar-refractivity contribution >= 4 is 40.5 Å². The lowest BCUT2D eigenvalue weighted by Gasteiger charge is -2.30. The summed E-state index contributed by atoms with van der Waals surface area (Å²) >= 11 is 0. The van der Waals surface area contributed by atoms with E-state index in [4.69, 9.17) is 21.3 Å². The van der Waals surface area contributed by atoms with Crippen molar-refractivity contribution in [2.24, 2.45) is 5.73 Å². The summed E-state index contributed by atoms with van der Waals surface area (Å²) < 4.78 is 7.11. The molecule has 0 spiro atoms. The summed E-state index contributed by atoms with van der Waals surface area (Å²) in [6.45, 7) is 3.15. The molecule has 0 radical (unpaired) electrons. The van der Waals surface area contributed by atoms with Crippen molar-refractivity contribution in [3.8, 4) is 5.75 Å². The van der Waals surface area contributed by atoms with E-state index in [1.165, 1.54) is 15.7 Å². The zero-order chi connectivity index (χ0) is 25.3. The minimum atomic E-state index is -0.905. The molecule has 1 saturated heterocycles. The van der Waals surface area contributed by atoms with Gasteiger partial charge in [-0.1, -0.05) is 6.07 Å². The van der Waals surface area contributed by atoms with E-state index in [1.807, 2.05) is 25.1 Å². The maximum Gasteiger partial charge on any atom is 0.407 e. The fraction of sp³-hybridized carbons (Fsp3) is 0.348. The highest BCUT2D eigenvalue weighted by Crippen LogP contribution is 2.35. The van der Waals surface area contributed by atoms with Gasteiger partial charge in [-0.15, -0.1) is 0 Å². The number of aryl methyl sites for hydroxylation is 1. The minimum absolute atomic E-state index is 0.0435. The standard InChI is InChI=1S/C23H27N7O5/c1-3-30-19(24)17(20(25)32)18(31)14-11-26-22(28-21(14)30)27-15-5-4-13(10-16(15)35-2)12-6-8-29(9-7-12)23(33)34/h4-5,10-12H,3,6-9,24H2,1-2H3,(H2,25,32)(H,33,34)(H,26,27,28). The van der Waals surface area contributed by atoms with Crippen LogP contribution in [0.2, 0.25) is 0 Å². The molecule has 0 saturated carbocycles. The van der Waals surface area contributed by atoms with Gasteiger partial charge in [0.1, 0.15) is 17.1 Å². The molecule has 1 aliphatic rings. The molecule has 3 heterocycles. The third-order valence-corrected chi connectivity index (χ3v) is 6.31. The van der Waals surface area contributed by atoms with E-state index in [-0.39, 0.29) is 34.3 Å². The lowest BCUT2D eigenvalue weighted by Crippen LogP contribution is -2.36. The Kier molecular flexibility index (Phi) is 6.45. The number of aromatic nitrogens is 3. The molecule has 3 aromatic rings. The van der Waals surface area contributed by atoms with Crippen LogP contribution in [0.25, 0.3) is 11.0 Å². The number of hydrogen-bond donors (Lipinski definition) is 4. The minimum Gasteiger partial charge on any atom is -0.495 e. The number of ether oxygens (including phenoxy) is 1. The maximum absolute atomic E-state index is 12.7. The number of nitrogens with one attached hydrogen (secondary N) is 1. The first kappa shape index (κ1) is 23.8. The van der Waals surface area contributed by atoms with Gasteiger partial charge in [0.05, 0.1) is 18.2 Å². The number of nitrogens with zero attached hydrogens (tertiary/aromatic N) is 4. The number of methoxy groups -OCH3 is 1. The van der Waals surface area contributed by atoms with E-state index >= 15 is 0 Å². The van der Waals surface area contributed by atoms with E-state index in [1.54, 1.807) is 7.11 Å². The highest BCUT2D eigenvalue weighted by Gasteiger charge is 2.24. The molecule has 12 heteroatoms. The molecule has 1 fully saturated rings. The third kappa shape index (κ3) is 4.42. The van der Waals surface area contributed by atoms with Gasteiger partial charge in [0, 0.05) is 25.8 Å². The highest BCUT2D eigenvalue weighted by molar-refractivity contribution is 6.00. The number of anilines is 3. The fourth-order valence-electron chi connectivity index (χ4n) is 4.45. The van der Waals surface area contributed by atoms with E-state index in [0.29, 0.717) is 31.1 Å². The molecule has 184 valence electrons. The Morgan fingerprint density at radius 2 is 2.00 bits per heavy atom. The number of pyridine rings is 1. The molecule has 0 bridgehead atoms. The maximum atomic E-state index is 12.7. The number of rotatable bonds is 6. The molecule has 35 heavy (non-hydrogen) atoms. The normalized spacial score (nSPS) is 14.2. The molecular formula is C23H27N7O5. The first-order valence-electron chi connectivity index (χ1n) is 11.2. The summed E-state index contributed by atoms with van der Waals surface area (Å²) in [7, 11) is 1.55. The number of piperidine rings is 1. The summed E-state index contributed by atoms with van der Waals surface area (Å²) in [5.41, 5.74) is 12.5. The van der Waals surface area contributed by atoms with Crippen LogP contribution >= 0.6 is 0 Å². The number of nitrogens with two attached hydrogens (primary N) is 2. The van der Waals surface area contributed by atoms with Crippen LogP contribution in [0.4, 0.5) is 22.2 Å². The number of likely N-dealkylation sites (tertiary alicyclic amines) is 1. The van der Waals surface area contributed by atoms with Crippen LogP contribution < -0.4 is 26.9 Å². The van der Waals surface area contributed by atoms with E-state index in [2.05, 4.69) is 15.3 Å². The Labute approximate surface area is 200 Å². The van der Waals surface area contributed by atoms with Gasteiger partial charge < -0.3 is 36.1 Å². The average molecular weight is 482 g/mol. The second kappa shape index (κ2) is 9.49. The number of amides is 2. The number of fused-ring (bicyclic) bond motifs is 1. The van der Waals surface area contributed by atoms with Crippen LogP contribution in [-0.4, -0.2) is 56.7 Å². The summed E-state index contributed by atoms with van der Waals surface area (Å²) in [6.07, 6.45) is 1.91. The van der Waals surface area contributed by atoms with Gasteiger partial charge in [-0.3, -0.25) is 9.59 Å². The van der Waals surface area contributed by atoms with Gasteiger partial charge in [0.25, 0.3) is 5.91 Å². The van der Waals surface area contributed by atoms with Crippen LogP contribution in [0.1, 0.15) is 41.6 Å². The molecule has 1 aliphatic heterocycles. The predicted octanol–water partition coefficient (Wildman–Crippen LogP) is 2.10. The number of benzene rings is 1. The molecule has 0 unspecified atom stereocenters. The van der Waals surface area contributed by atoms with Gasteiger partial charge in [0.15, 0.2) is 5.65 Å². The van der Waals surface area contributed by atoms with Crippen molar-refractivity contribution in [1.29, 1.82) is 0 Å². The Hall–Kier alpha value is -4.35. The van der Waals surface area contributed by atoms with Gasteiger partial charge in [-0.05, 0) is 43.4 Å². The molecule has 1 aromatic carbocycles. The molecule has 4 rings (SSSR count). The predicted molar refractivity (Wildman–Crippen MR) is 130 cm³/mol. The number of carbonyl (C=O) groups is 2. The largest absolute Gasteiger partial charge is 0.495 e. The van der Waals surface area contributed by atoms with E-state index in [0.717, 1.165) is 18.4 Å². The van der Waals surface area contributed by atoms with E-state index in [9.17, 15) is 14.4 Å². The fourth-order valence-corrected chi connectivity index (χ4v) is 4.45. The van der Waals surface area contributed by atoms with Crippen LogP contribution in [0, 0.1) is 0 Å². The summed E-state index contributed by atoms with van der Waals surface area (Å²) in [6, 6.07) is 5.73. The van der Waals surface area contributed by atoms with Crippen molar-refractivity contribution in [2.75, 3.05) is 31.2 Å². The SMILES string of the molecule is CCn1c(N)c(C(N)=O)c(=O)c2cnc(Nc3ccc(C4CCN(C(=O)O)CC4)cc3OC)nc21.